The minimum absolute atomic E-state index is 0.408. The molecule has 1 aromatic rings. The van der Waals surface area contributed by atoms with Crippen molar-refractivity contribution in [2.24, 2.45) is 10.9 Å². The molecule has 0 spiro atoms. The van der Waals surface area contributed by atoms with E-state index in [-0.39, 0.29) is 0 Å². The van der Waals surface area contributed by atoms with E-state index in [1.807, 2.05) is 6.92 Å². The van der Waals surface area contributed by atoms with Gasteiger partial charge in [0.1, 0.15) is 0 Å². The molecule has 2 rings (SSSR count). The van der Waals surface area contributed by atoms with Crippen LogP contribution in [0.3, 0.4) is 0 Å². The van der Waals surface area contributed by atoms with Gasteiger partial charge in [0.2, 0.25) is 5.91 Å². The topological polar surface area (TPSA) is 78.8 Å². The first kappa shape index (κ1) is 16.4. The average Bonchev–Trinajstić information content (AvgIpc) is 2.48. The third kappa shape index (κ3) is 3.59. The highest BCUT2D eigenvalue weighted by molar-refractivity contribution is 9.10. The van der Waals surface area contributed by atoms with Gasteiger partial charge in [0, 0.05) is 17.2 Å². The largest absolute Gasteiger partial charge is 0.335 e. The molecule has 22 heavy (non-hydrogen) atoms. The summed E-state index contributed by atoms with van der Waals surface area (Å²) in [5, 5.41) is 2.19. The Morgan fingerprint density at radius 3 is 2.59 bits per heavy atom. The summed E-state index contributed by atoms with van der Waals surface area (Å²) in [5.41, 5.74) is 0.408. The Kier molecular flexibility index (Phi) is 5.43. The van der Waals surface area contributed by atoms with E-state index in [2.05, 4.69) is 26.2 Å². The van der Waals surface area contributed by atoms with Crippen molar-refractivity contribution in [3.63, 3.8) is 0 Å². The van der Waals surface area contributed by atoms with E-state index < -0.39 is 23.8 Å². The molecule has 0 aromatic heterocycles. The number of imide groups is 2. The highest BCUT2D eigenvalue weighted by atomic mass is 79.9. The fraction of sp³-hybridized carbons (Fsp3) is 0.333. The maximum Gasteiger partial charge on any atom is 0.335 e. The number of carbonyl (C=O) groups is 3. The maximum absolute atomic E-state index is 12.4. The summed E-state index contributed by atoms with van der Waals surface area (Å²) >= 11 is 3.29. The molecule has 1 N–H and O–H groups in total. The van der Waals surface area contributed by atoms with E-state index in [9.17, 15) is 14.4 Å². The van der Waals surface area contributed by atoms with Crippen LogP contribution < -0.4 is 10.2 Å². The van der Waals surface area contributed by atoms with Crippen molar-refractivity contribution < 1.29 is 14.4 Å². The minimum Gasteiger partial charge on any atom is -0.296 e. The smallest absolute Gasteiger partial charge is 0.296 e. The van der Waals surface area contributed by atoms with Crippen molar-refractivity contribution in [2.45, 2.75) is 19.8 Å². The summed E-state index contributed by atoms with van der Waals surface area (Å²) in [6, 6.07) is 5.95. The van der Waals surface area contributed by atoms with Gasteiger partial charge in [0.25, 0.3) is 5.91 Å². The van der Waals surface area contributed by atoms with E-state index in [4.69, 9.17) is 0 Å². The molecule has 1 unspecified atom stereocenters. The van der Waals surface area contributed by atoms with Gasteiger partial charge in [0.15, 0.2) is 5.92 Å². The lowest BCUT2D eigenvalue weighted by molar-refractivity contribution is -0.131. The Hall–Kier alpha value is -2.02. The van der Waals surface area contributed by atoms with Gasteiger partial charge in [-0.3, -0.25) is 19.9 Å². The highest BCUT2D eigenvalue weighted by Crippen LogP contribution is 2.22. The molecule has 1 aromatic carbocycles. The number of hydrogen-bond donors (Lipinski definition) is 1. The summed E-state index contributed by atoms with van der Waals surface area (Å²) in [5.74, 6) is -2.29. The van der Waals surface area contributed by atoms with Crippen LogP contribution in [0.1, 0.15) is 19.8 Å². The summed E-state index contributed by atoms with van der Waals surface area (Å²) in [6.07, 6.45) is 3.19. The number of barbiturate groups is 1. The zero-order chi connectivity index (χ0) is 16.1. The zero-order valence-corrected chi connectivity index (χ0v) is 13.7. The van der Waals surface area contributed by atoms with Gasteiger partial charge in [-0.05, 0) is 30.7 Å². The molecule has 0 saturated carbocycles. The molecular weight excluding hydrogens is 350 g/mol. The van der Waals surface area contributed by atoms with Crippen molar-refractivity contribution in [2.75, 3.05) is 11.4 Å². The van der Waals surface area contributed by atoms with Crippen LogP contribution in [0, 0.1) is 5.92 Å². The number of anilines is 1. The number of rotatable bonds is 5. The fourth-order valence-corrected chi connectivity index (χ4v) is 2.25. The predicted octanol–water partition coefficient (Wildman–Crippen LogP) is 2.52. The van der Waals surface area contributed by atoms with Gasteiger partial charge in [-0.2, -0.15) is 0 Å². The Bertz CT molecular complexity index is 613. The van der Waals surface area contributed by atoms with E-state index in [1.54, 1.807) is 24.3 Å². The normalized spacial score (nSPS) is 18.9. The first-order valence-electron chi connectivity index (χ1n) is 6.99. The van der Waals surface area contributed by atoms with Crippen LogP contribution in [0.5, 0.6) is 0 Å². The van der Waals surface area contributed by atoms with Crippen LogP contribution in [0.4, 0.5) is 10.5 Å². The standard InChI is InChI=1S/C15H16BrN3O3/c1-2-3-8-17-9-12-13(20)18-15(22)19(14(12)21)11-6-4-10(16)5-7-11/h4-7,9,12H,2-3,8H2,1H3,(H,18,20,22). The van der Waals surface area contributed by atoms with E-state index in [0.29, 0.717) is 12.2 Å². The van der Waals surface area contributed by atoms with Crippen LogP contribution in [-0.4, -0.2) is 30.6 Å². The first-order chi connectivity index (χ1) is 10.5. The summed E-state index contributed by atoms with van der Waals surface area (Å²) in [7, 11) is 0. The SMILES string of the molecule is CCCCN=CC1C(=O)NC(=O)N(c2ccc(Br)cc2)C1=O. The van der Waals surface area contributed by atoms with Crippen molar-refractivity contribution in [3.8, 4) is 0 Å². The average molecular weight is 366 g/mol. The molecule has 6 nitrogen and oxygen atoms in total. The zero-order valence-electron chi connectivity index (χ0n) is 12.1. The molecule has 1 saturated heterocycles. The molecule has 1 atom stereocenters. The van der Waals surface area contributed by atoms with Crippen LogP contribution in [-0.2, 0) is 9.59 Å². The van der Waals surface area contributed by atoms with E-state index in [1.165, 1.54) is 6.21 Å². The Morgan fingerprint density at radius 1 is 1.27 bits per heavy atom. The van der Waals surface area contributed by atoms with Gasteiger partial charge >= 0.3 is 6.03 Å². The third-order valence-corrected chi connectivity index (χ3v) is 3.71. The number of unbranched alkanes of at least 4 members (excludes halogenated alkanes) is 1. The van der Waals surface area contributed by atoms with Crippen molar-refractivity contribution in [1.29, 1.82) is 0 Å². The summed E-state index contributed by atoms with van der Waals surface area (Å²) in [4.78, 5) is 41.3. The van der Waals surface area contributed by atoms with Crippen LogP contribution in [0.15, 0.2) is 33.7 Å². The second-order valence-corrected chi connectivity index (χ2v) is 5.75. The van der Waals surface area contributed by atoms with E-state index >= 15 is 0 Å². The summed E-state index contributed by atoms with van der Waals surface area (Å²) in [6.45, 7) is 2.59. The molecule has 0 radical (unpaired) electrons. The molecule has 1 aliphatic rings. The van der Waals surface area contributed by atoms with Crippen LogP contribution >= 0.6 is 15.9 Å². The van der Waals surface area contributed by atoms with Crippen molar-refractivity contribution in [1.82, 2.24) is 5.32 Å². The van der Waals surface area contributed by atoms with E-state index in [0.717, 1.165) is 22.2 Å². The molecule has 1 fully saturated rings. The monoisotopic (exact) mass is 365 g/mol. The lowest BCUT2D eigenvalue weighted by Crippen LogP contribution is -2.58. The molecular formula is C15H16BrN3O3. The first-order valence-corrected chi connectivity index (χ1v) is 7.78. The lowest BCUT2D eigenvalue weighted by atomic mass is 10.1. The number of halogens is 1. The molecule has 0 aliphatic carbocycles. The highest BCUT2D eigenvalue weighted by Gasteiger charge is 2.40. The summed E-state index contributed by atoms with van der Waals surface area (Å²) < 4.78 is 0.829. The number of aliphatic imine (C=N–C) groups is 1. The minimum atomic E-state index is -1.07. The number of carbonyl (C=O) groups excluding carboxylic acids is 3. The van der Waals surface area contributed by atoms with Crippen LogP contribution in [0.2, 0.25) is 0 Å². The maximum atomic E-state index is 12.4. The van der Waals surface area contributed by atoms with Crippen molar-refractivity contribution in [3.05, 3.63) is 28.7 Å². The number of nitrogens with zero attached hydrogens (tertiary/aromatic N) is 2. The number of amides is 4. The third-order valence-electron chi connectivity index (χ3n) is 3.18. The number of hydrogen-bond acceptors (Lipinski definition) is 4. The van der Waals surface area contributed by atoms with Crippen molar-refractivity contribution >= 4 is 45.7 Å². The quantitative estimate of drug-likeness (QED) is 0.494. The molecule has 0 bridgehead atoms. The number of benzene rings is 1. The number of nitrogens with one attached hydrogen (secondary N) is 1. The molecule has 7 heteroatoms. The van der Waals surface area contributed by atoms with Crippen LogP contribution in [0.25, 0.3) is 0 Å². The lowest BCUT2D eigenvalue weighted by Gasteiger charge is -2.28. The fourth-order valence-electron chi connectivity index (χ4n) is 1.99. The van der Waals surface area contributed by atoms with Gasteiger partial charge in [-0.25, -0.2) is 9.69 Å². The van der Waals surface area contributed by atoms with Gasteiger partial charge < -0.3 is 0 Å². The predicted molar refractivity (Wildman–Crippen MR) is 86.9 cm³/mol. The Labute approximate surface area is 136 Å². The second kappa shape index (κ2) is 7.31. The van der Waals surface area contributed by atoms with Gasteiger partial charge in [0.05, 0.1) is 5.69 Å². The molecule has 1 aliphatic heterocycles. The number of urea groups is 1. The molecule has 4 amide bonds. The Balaban J connectivity index is 2.21. The van der Waals surface area contributed by atoms with Gasteiger partial charge in [-0.15, -0.1) is 0 Å². The Morgan fingerprint density at radius 2 is 1.95 bits per heavy atom. The molecule has 1 heterocycles. The van der Waals surface area contributed by atoms with Gasteiger partial charge in [-0.1, -0.05) is 29.3 Å². The second-order valence-electron chi connectivity index (χ2n) is 4.83. The molecule has 116 valence electrons.